The Morgan fingerprint density at radius 1 is 1.39 bits per heavy atom. The van der Waals surface area contributed by atoms with Gasteiger partial charge in [-0.1, -0.05) is 0 Å². The lowest BCUT2D eigenvalue weighted by Crippen LogP contribution is -2.27. The molecule has 2 heterocycles. The summed E-state index contributed by atoms with van der Waals surface area (Å²) in [5, 5.41) is 5.95. The van der Waals surface area contributed by atoms with Gasteiger partial charge in [-0.3, -0.25) is 4.79 Å². The van der Waals surface area contributed by atoms with Crippen LogP contribution in [0, 0.1) is 0 Å². The van der Waals surface area contributed by atoms with E-state index in [1.54, 1.807) is 12.1 Å². The summed E-state index contributed by atoms with van der Waals surface area (Å²) in [4.78, 5) is 18.2. The normalized spacial score (nSPS) is 19.7. The smallest absolute Gasteiger partial charge is 0.252 e. The first kappa shape index (κ1) is 17.7. The van der Waals surface area contributed by atoms with Crippen LogP contribution in [0.15, 0.2) is 18.3 Å². The third-order valence-electron chi connectivity index (χ3n) is 3.68. The maximum atomic E-state index is 12.0. The van der Waals surface area contributed by atoms with Crippen LogP contribution < -0.4 is 10.6 Å². The Labute approximate surface area is 137 Å². The number of rotatable bonds is 7. The zero-order chi connectivity index (χ0) is 16.9. The monoisotopic (exact) mass is 340 g/mol. The number of pyridine rings is 1. The number of carbonyl (C=O) groups is 1. The Balaban J connectivity index is 1.81. The summed E-state index contributed by atoms with van der Waals surface area (Å²) >= 11 is 0. The van der Waals surface area contributed by atoms with Crippen molar-refractivity contribution in [1.82, 2.24) is 15.2 Å². The molecule has 0 bridgehead atoms. The highest BCUT2D eigenvalue weighted by Crippen LogP contribution is 2.16. The lowest BCUT2D eigenvalue weighted by Gasteiger charge is -2.12. The van der Waals surface area contributed by atoms with Gasteiger partial charge in [-0.15, -0.1) is 0 Å². The van der Waals surface area contributed by atoms with E-state index in [1.807, 2.05) is 14.1 Å². The highest BCUT2D eigenvalue weighted by atomic mass is 32.2. The summed E-state index contributed by atoms with van der Waals surface area (Å²) in [7, 11) is 1.07. The van der Waals surface area contributed by atoms with Gasteiger partial charge in [0.25, 0.3) is 5.91 Å². The standard InChI is InChI=1S/C15H24N4O3S/c1-19(2)8-3-7-16-15(20)12-4-5-14(17-10-12)18-13-6-9-23(21,22)11-13/h4-5,10,13H,3,6-9,11H2,1-2H3,(H,16,20)(H,17,18). The summed E-state index contributed by atoms with van der Waals surface area (Å²) in [6, 6.07) is 3.30. The first-order valence-corrected chi connectivity index (χ1v) is 9.54. The minimum Gasteiger partial charge on any atom is -0.366 e. The van der Waals surface area contributed by atoms with E-state index >= 15 is 0 Å². The van der Waals surface area contributed by atoms with E-state index in [2.05, 4.69) is 20.5 Å². The quantitative estimate of drug-likeness (QED) is 0.697. The molecular formula is C15H24N4O3S. The molecule has 1 atom stereocenters. The molecule has 1 saturated heterocycles. The van der Waals surface area contributed by atoms with Crippen molar-refractivity contribution in [2.45, 2.75) is 18.9 Å². The number of nitrogens with zero attached hydrogens (tertiary/aromatic N) is 2. The van der Waals surface area contributed by atoms with E-state index in [0.717, 1.165) is 13.0 Å². The first-order valence-electron chi connectivity index (χ1n) is 7.72. The van der Waals surface area contributed by atoms with Crippen LogP contribution in [0.1, 0.15) is 23.2 Å². The fraction of sp³-hybridized carbons (Fsp3) is 0.600. The molecule has 0 saturated carbocycles. The van der Waals surface area contributed by atoms with Crippen LogP contribution >= 0.6 is 0 Å². The Morgan fingerprint density at radius 2 is 2.17 bits per heavy atom. The minimum absolute atomic E-state index is 0.0989. The van der Waals surface area contributed by atoms with Crippen LogP contribution in [0.4, 0.5) is 5.82 Å². The van der Waals surface area contributed by atoms with Gasteiger partial charge in [0.05, 0.1) is 17.1 Å². The van der Waals surface area contributed by atoms with E-state index in [9.17, 15) is 13.2 Å². The molecule has 1 fully saturated rings. The number of sulfone groups is 1. The molecule has 1 aliphatic heterocycles. The molecule has 7 nitrogen and oxygen atoms in total. The molecule has 1 unspecified atom stereocenters. The predicted octanol–water partition coefficient (Wildman–Crippen LogP) is 0.362. The molecule has 2 rings (SSSR count). The van der Waals surface area contributed by atoms with Gasteiger partial charge in [0.1, 0.15) is 5.82 Å². The summed E-state index contributed by atoms with van der Waals surface area (Å²) in [6.45, 7) is 1.54. The van der Waals surface area contributed by atoms with Gasteiger partial charge in [-0.2, -0.15) is 0 Å². The molecular weight excluding hydrogens is 316 g/mol. The van der Waals surface area contributed by atoms with Crippen molar-refractivity contribution in [3.05, 3.63) is 23.9 Å². The fourth-order valence-electron chi connectivity index (χ4n) is 2.43. The summed E-state index contributed by atoms with van der Waals surface area (Å²) < 4.78 is 22.9. The number of hydrogen-bond acceptors (Lipinski definition) is 6. The van der Waals surface area contributed by atoms with Crippen molar-refractivity contribution in [2.24, 2.45) is 0 Å². The maximum absolute atomic E-state index is 12.0. The van der Waals surface area contributed by atoms with Gasteiger partial charge >= 0.3 is 0 Å². The largest absolute Gasteiger partial charge is 0.366 e. The van der Waals surface area contributed by atoms with Crippen molar-refractivity contribution in [3.63, 3.8) is 0 Å². The van der Waals surface area contributed by atoms with Crippen LogP contribution in [0.2, 0.25) is 0 Å². The van der Waals surface area contributed by atoms with Gasteiger partial charge in [-0.05, 0) is 45.6 Å². The lowest BCUT2D eigenvalue weighted by atomic mass is 10.2. The molecule has 0 spiro atoms. The van der Waals surface area contributed by atoms with Crippen molar-refractivity contribution < 1.29 is 13.2 Å². The second kappa shape index (κ2) is 7.74. The molecule has 8 heteroatoms. The fourth-order valence-corrected chi connectivity index (χ4v) is 4.10. The van der Waals surface area contributed by atoms with Crippen LogP contribution in [-0.2, 0) is 9.84 Å². The molecule has 2 N–H and O–H groups in total. The molecule has 128 valence electrons. The SMILES string of the molecule is CN(C)CCCNC(=O)c1ccc(NC2CCS(=O)(=O)C2)nc1. The van der Waals surface area contributed by atoms with Gasteiger partial charge in [-0.25, -0.2) is 13.4 Å². The van der Waals surface area contributed by atoms with Crippen LogP contribution in [-0.4, -0.2) is 68.9 Å². The van der Waals surface area contributed by atoms with E-state index in [-0.39, 0.29) is 23.5 Å². The Kier molecular flexibility index (Phi) is 5.95. The minimum atomic E-state index is -2.91. The van der Waals surface area contributed by atoms with Crippen molar-refractivity contribution >= 4 is 21.6 Å². The van der Waals surface area contributed by atoms with E-state index < -0.39 is 9.84 Å². The molecule has 1 aromatic rings. The van der Waals surface area contributed by atoms with Gasteiger partial charge in [0, 0.05) is 18.8 Å². The third-order valence-corrected chi connectivity index (χ3v) is 5.45. The Hall–Kier alpha value is -1.67. The third kappa shape index (κ3) is 5.80. The second-order valence-electron chi connectivity index (χ2n) is 6.09. The summed E-state index contributed by atoms with van der Waals surface area (Å²) in [5.74, 6) is 0.809. The molecule has 1 aliphatic rings. The molecule has 1 aromatic heterocycles. The highest BCUT2D eigenvalue weighted by molar-refractivity contribution is 7.91. The maximum Gasteiger partial charge on any atom is 0.252 e. The van der Waals surface area contributed by atoms with Gasteiger partial charge < -0.3 is 15.5 Å². The molecule has 0 aliphatic carbocycles. The van der Waals surface area contributed by atoms with Crippen LogP contribution in [0.25, 0.3) is 0 Å². The number of anilines is 1. The van der Waals surface area contributed by atoms with Crippen molar-refractivity contribution in [2.75, 3.05) is 44.0 Å². The van der Waals surface area contributed by atoms with E-state index in [1.165, 1.54) is 6.20 Å². The zero-order valence-electron chi connectivity index (χ0n) is 13.6. The topological polar surface area (TPSA) is 91.4 Å². The summed E-state index contributed by atoms with van der Waals surface area (Å²) in [6.07, 6.45) is 2.99. The number of amides is 1. The molecule has 0 aromatic carbocycles. The van der Waals surface area contributed by atoms with E-state index in [0.29, 0.717) is 24.3 Å². The van der Waals surface area contributed by atoms with E-state index in [4.69, 9.17) is 0 Å². The number of carbonyl (C=O) groups excluding carboxylic acids is 1. The molecule has 0 radical (unpaired) electrons. The number of nitrogens with one attached hydrogen (secondary N) is 2. The highest BCUT2D eigenvalue weighted by Gasteiger charge is 2.27. The molecule has 23 heavy (non-hydrogen) atoms. The number of hydrogen-bond donors (Lipinski definition) is 2. The average Bonchev–Trinajstić information content (AvgIpc) is 2.83. The van der Waals surface area contributed by atoms with Gasteiger partial charge in [0.2, 0.25) is 0 Å². The number of aromatic nitrogens is 1. The molecule has 1 amide bonds. The van der Waals surface area contributed by atoms with Crippen molar-refractivity contribution in [1.29, 1.82) is 0 Å². The van der Waals surface area contributed by atoms with Crippen LogP contribution in [0.3, 0.4) is 0 Å². The Morgan fingerprint density at radius 3 is 2.74 bits per heavy atom. The Bertz CT molecular complexity index is 629. The predicted molar refractivity (Wildman–Crippen MR) is 90.4 cm³/mol. The van der Waals surface area contributed by atoms with Gasteiger partial charge in [0.15, 0.2) is 9.84 Å². The lowest BCUT2D eigenvalue weighted by molar-refractivity contribution is 0.0952. The first-order chi connectivity index (χ1) is 10.9. The van der Waals surface area contributed by atoms with Crippen molar-refractivity contribution in [3.8, 4) is 0 Å². The zero-order valence-corrected chi connectivity index (χ0v) is 14.4. The van der Waals surface area contributed by atoms with Crippen LogP contribution in [0.5, 0.6) is 0 Å². The second-order valence-corrected chi connectivity index (χ2v) is 8.32. The average molecular weight is 340 g/mol. The summed E-state index contributed by atoms with van der Waals surface area (Å²) in [5.41, 5.74) is 0.499.